The molecule has 0 saturated carbocycles. The Morgan fingerprint density at radius 2 is 1.90 bits per heavy atom. The van der Waals surface area contributed by atoms with Crippen molar-refractivity contribution in [2.75, 3.05) is 13.7 Å². The summed E-state index contributed by atoms with van der Waals surface area (Å²) in [6.45, 7) is 7.16. The molecule has 0 bridgehead atoms. The molecule has 0 N–H and O–H groups in total. The Morgan fingerprint density at radius 1 is 1.23 bits per heavy atom. The van der Waals surface area contributed by atoms with Gasteiger partial charge in [0.1, 0.15) is 23.1 Å². The van der Waals surface area contributed by atoms with Gasteiger partial charge in [-0.05, 0) is 58.4 Å². The Kier molecular flexibility index (Phi) is 7.59. The van der Waals surface area contributed by atoms with Crippen LogP contribution in [0.3, 0.4) is 0 Å². The number of nitrogens with zero attached hydrogens (tertiary/aromatic N) is 3. The Labute approximate surface area is 176 Å². The van der Waals surface area contributed by atoms with E-state index in [0.717, 1.165) is 0 Å². The number of esters is 1. The van der Waals surface area contributed by atoms with Crippen LogP contribution in [0.2, 0.25) is 0 Å². The van der Waals surface area contributed by atoms with E-state index >= 15 is 0 Å². The highest BCUT2D eigenvalue weighted by atomic mass is 16.6. The Morgan fingerprint density at radius 3 is 2.43 bits per heavy atom. The number of methoxy groups -OCH3 is 1. The van der Waals surface area contributed by atoms with Crippen molar-refractivity contribution in [3.8, 4) is 23.2 Å². The summed E-state index contributed by atoms with van der Waals surface area (Å²) in [6.07, 6.45) is 1.13. The number of carbonyl (C=O) groups is 2. The van der Waals surface area contributed by atoms with Gasteiger partial charge in [-0.15, -0.1) is 0 Å². The minimum absolute atomic E-state index is 0.126. The lowest BCUT2D eigenvalue weighted by Crippen LogP contribution is -2.30. The highest BCUT2D eigenvalue weighted by Gasteiger charge is 2.31. The number of nitriles is 1. The first kappa shape index (κ1) is 22.9. The van der Waals surface area contributed by atoms with Gasteiger partial charge in [-0.2, -0.15) is 5.26 Å². The molecule has 0 amide bonds. The highest BCUT2D eigenvalue weighted by Crippen LogP contribution is 2.30. The largest absolute Gasteiger partial charge is 0.497 e. The summed E-state index contributed by atoms with van der Waals surface area (Å²) in [5, 5.41) is 9.01. The lowest BCUT2D eigenvalue weighted by molar-refractivity contribution is -0.145. The second kappa shape index (κ2) is 9.92. The summed E-state index contributed by atoms with van der Waals surface area (Å²) in [5.74, 6) is -0.351. The van der Waals surface area contributed by atoms with Crippen molar-refractivity contribution in [3.63, 3.8) is 0 Å². The Bertz CT molecular complexity index is 920. The second-order valence-electron chi connectivity index (χ2n) is 7.55. The van der Waals surface area contributed by atoms with Crippen LogP contribution < -0.4 is 4.74 Å². The first-order valence-corrected chi connectivity index (χ1v) is 9.70. The van der Waals surface area contributed by atoms with Crippen molar-refractivity contribution in [1.82, 2.24) is 9.55 Å². The van der Waals surface area contributed by atoms with E-state index < -0.39 is 23.6 Å². The molecule has 1 unspecified atom stereocenters. The van der Waals surface area contributed by atoms with Crippen LogP contribution in [0.1, 0.15) is 52.1 Å². The lowest BCUT2D eigenvalue weighted by Gasteiger charge is -2.23. The maximum atomic E-state index is 13.1. The molecule has 30 heavy (non-hydrogen) atoms. The van der Waals surface area contributed by atoms with Crippen molar-refractivity contribution in [2.24, 2.45) is 0 Å². The van der Waals surface area contributed by atoms with Crippen LogP contribution >= 0.6 is 0 Å². The molecular formula is C22H27N3O5. The number of hydrogen-bond acceptors (Lipinski definition) is 7. The molecule has 2 rings (SSSR count). The van der Waals surface area contributed by atoms with E-state index in [4.69, 9.17) is 19.5 Å². The first-order chi connectivity index (χ1) is 14.2. The predicted octanol–water partition coefficient (Wildman–Crippen LogP) is 4.29. The van der Waals surface area contributed by atoms with Crippen molar-refractivity contribution in [1.29, 1.82) is 5.26 Å². The number of aromatic nitrogens is 2. The minimum Gasteiger partial charge on any atom is -0.497 e. The molecule has 0 aliphatic carbocycles. The van der Waals surface area contributed by atoms with Gasteiger partial charge >= 0.3 is 12.1 Å². The molecular weight excluding hydrogens is 386 g/mol. The van der Waals surface area contributed by atoms with Gasteiger partial charge in [-0.1, -0.05) is 0 Å². The van der Waals surface area contributed by atoms with Crippen molar-refractivity contribution >= 4 is 12.1 Å². The van der Waals surface area contributed by atoms with Gasteiger partial charge in [0.15, 0.2) is 0 Å². The Hall–Kier alpha value is -3.34. The molecule has 1 heterocycles. The smallest absolute Gasteiger partial charge is 0.420 e. The fourth-order valence-corrected chi connectivity index (χ4v) is 2.89. The number of ether oxygens (including phenoxy) is 3. The van der Waals surface area contributed by atoms with Crippen LogP contribution in [0.4, 0.5) is 4.79 Å². The molecule has 1 aromatic heterocycles. The summed E-state index contributed by atoms with van der Waals surface area (Å²) in [5.41, 5.74) is 0.224. The topological polar surface area (TPSA) is 103 Å². The van der Waals surface area contributed by atoms with Crippen LogP contribution in [-0.2, 0) is 14.3 Å². The Balaban J connectivity index is 2.60. The molecule has 0 aliphatic heterocycles. The van der Waals surface area contributed by atoms with Crippen LogP contribution in [-0.4, -0.2) is 40.9 Å². The number of rotatable bonds is 7. The zero-order valence-corrected chi connectivity index (χ0v) is 18.0. The van der Waals surface area contributed by atoms with E-state index in [0.29, 0.717) is 22.8 Å². The van der Waals surface area contributed by atoms with E-state index in [9.17, 15) is 9.59 Å². The maximum Gasteiger partial charge on any atom is 0.420 e. The highest BCUT2D eigenvalue weighted by molar-refractivity contribution is 5.83. The second-order valence-corrected chi connectivity index (χ2v) is 7.55. The van der Waals surface area contributed by atoms with Crippen LogP contribution in [0.15, 0.2) is 30.5 Å². The van der Waals surface area contributed by atoms with Crippen LogP contribution in [0.25, 0.3) is 11.4 Å². The molecule has 0 saturated heterocycles. The molecule has 1 aromatic carbocycles. The molecule has 0 aliphatic rings. The standard InChI is InChI=1S/C22H27N3O5/c1-6-29-20(26)17(8-7-13-23)18-14-24-19(15-9-11-16(28-5)12-10-15)25(18)21(27)30-22(2,3)4/h9-12,14,17H,6-8H2,1-5H3. The van der Waals surface area contributed by atoms with Crippen LogP contribution in [0, 0.1) is 11.3 Å². The van der Waals surface area contributed by atoms with E-state index in [2.05, 4.69) is 4.98 Å². The van der Waals surface area contributed by atoms with Crippen LogP contribution in [0.5, 0.6) is 5.75 Å². The van der Waals surface area contributed by atoms with E-state index in [-0.39, 0.29) is 19.4 Å². The maximum absolute atomic E-state index is 13.1. The number of imidazole rings is 1. The average molecular weight is 413 g/mol. The van der Waals surface area contributed by atoms with Gasteiger partial charge in [0.2, 0.25) is 0 Å². The van der Waals surface area contributed by atoms with Gasteiger partial charge in [0.25, 0.3) is 0 Å². The third-order valence-electron chi connectivity index (χ3n) is 4.19. The zero-order valence-electron chi connectivity index (χ0n) is 18.0. The zero-order chi connectivity index (χ0) is 22.3. The molecule has 8 heteroatoms. The summed E-state index contributed by atoms with van der Waals surface area (Å²) < 4.78 is 17.2. The summed E-state index contributed by atoms with van der Waals surface area (Å²) >= 11 is 0. The van der Waals surface area contributed by atoms with Gasteiger partial charge in [0.05, 0.1) is 31.7 Å². The normalized spacial score (nSPS) is 12.0. The quantitative estimate of drug-likeness (QED) is 0.624. The molecule has 0 fully saturated rings. The van der Waals surface area contributed by atoms with Gasteiger partial charge in [-0.3, -0.25) is 4.79 Å². The van der Waals surface area contributed by atoms with E-state index in [1.165, 1.54) is 10.8 Å². The molecule has 1 atom stereocenters. The predicted molar refractivity (Wildman–Crippen MR) is 110 cm³/mol. The fourth-order valence-electron chi connectivity index (χ4n) is 2.89. The average Bonchev–Trinajstić information content (AvgIpc) is 3.12. The lowest BCUT2D eigenvalue weighted by atomic mass is 10.00. The van der Waals surface area contributed by atoms with Gasteiger partial charge < -0.3 is 14.2 Å². The summed E-state index contributed by atoms with van der Waals surface area (Å²) in [6, 6.07) is 9.07. The molecule has 160 valence electrons. The monoisotopic (exact) mass is 413 g/mol. The van der Waals surface area contributed by atoms with Gasteiger partial charge in [0, 0.05) is 12.0 Å². The molecule has 0 radical (unpaired) electrons. The fraction of sp³-hybridized carbons (Fsp3) is 0.455. The summed E-state index contributed by atoms with van der Waals surface area (Å²) in [7, 11) is 1.56. The molecule has 2 aromatic rings. The van der Waals surface area contributed by atoms with E-state index in [1.54, 1.807) is 59.1 Å². The van der Waals surface area contributed by atoms with Gasteiger partial charge in [-0.25, -0.2) is 14.3 Å². The molecule has 0 spiro atoms. The first-order valence-electron chi connectivity index (χ1n) is 9.70. The number of benzene rings is 1. The third-order valence-corrected chi connectivity index (χ3v) is 4.19. The number of carbonyl (C=O) groups excluding carboxylic acids is 2. The summed E-state index contributed by atoms with van der Waals surface area (Å²) in [4.78, 5) is 30.1. The molecule has 8 nitrogen and oxygen atoms in total. The minimum atomic E-state index is -0.823. The van der Waals surface area contributed by atoms with Crippen molar-refractivity contribution in [3.05, 3.63) is 36.2 Å². The van der Waals surface area contributed by atoms with Crippen molar-refractivity contribution < 1.29 is 23.8 Å². The third kappa shape index (κ3) is 5.60. The van der Waals surface area contributed by atoms with E-state index in [1.807, 2.05) is 6.07 Å². The SMILES string of the molecule is CCOC(=O)C(CCC#N)c1cnc(-c2ccc(OC)cc2)n1C(=O)OC(C)(C)C. The van der Waals surface area contributed by atoms with Crippen molar-refractivity contribution in [2.45, 2.75) is 52.1 Å². The number of hydrogen-bond donors (Lipinski definition) is 0.